The van der Waals surface area contributed by atoms with Crippen LogP contribution in [0.15, 0.2) is 52.7 Å². The Hall–Kier alpha value is -2.26. The fourth-order valence-electron chi connectivity index (χ4n) is 2.51. The Morgan fingerprint density at radius 2 is 2.00 bits per heavy atom. The van der Waals surface area contributed by atoms with Crippen molar-refractivity contribution < 1.29 is 13.2 Å². The molecule has 0 atom stereocenters. The van der Waals surface area contributed by atoms with Gasteiger partial charge in [0.25, 0.3) is 0 Å². The lowest BCUT2D eigenvalue weighted by molar-refractivity contribution is -0.115. The SMILES string of the molecule is Cc1csc(-c2ccc(NC(=O)Cc3ccccc3Cl)cc2S(N)(=O)=O)n1. The Bertz CT molecular complexity index is 1110. The molecule has 0 fully saturated rings. The molecule has 1 aromatic heterocycles. The molecule has 3 N–H and O–H groups in total. The highest BCUT2D eigenvalue weighted by atomic mass is 35.5. The van der Waals surface area contributed by atoms with E-state index in [9.17, 15) is 13.2 Å². The van der Waals surface area contributed by atoms with E-state index in [-0.39, 0.29) is 17.2 Å². The number of primary sulfonamides is 1. The number of anilines is 1. The predicted octanol–water partition coefficient (Wildman–Crippen LogP) is 3.60. The Morgan fingerprint density at radius 3 is 2.63 bits per heavy atom. The molecule has 9 heteroatoms. The monoisotopic (exact) mass is 421 g/mol. The number of halogens is 1. The number of hydrogen-bond acceptors (Lipinski definition) is 5. The first-order valence-electron chi connectivity index (χ1n) is 7.86. The smallest absolute Gasteiger partial charge is 0.238 e. The van der Waals surface area contributed by atoms with Crippen molar-refractivity contribution in [2.45, 2.75) is 18.2 Å². The van der Waals surface area contributed by atoms with Crippen LogP contribution in [-0.2, 0) is 21.2 Å². The van der Waals surface area contributed by atoms with Crippen LogP contribution >= 0.6 is 22.9 Å². The van der Waals surface area contributed by atoms with Crippen molar-refractivity contribution in [3.63, 3.8) is 0 Å². The van der Waals surface area contributed by atoms with E-state index in [4.69, 9.17) is 16.7 Å². The predicted molar refractivity (Wildman–Crippen MR) is 107 cm³/mol. The molecule has 3 rings (SSSR count). The Morgan fingerprint density at radius 1 is 1.26 bits per heavy atom. The van der Waals surface area contributed by atoms with E-state index in [1.807, 2.05) is 12.3 Å². The zero-order valence-electron chi connectivity index (χ0n) is 14.3. The van der Waals surface area contributed by atoms with Gasteiger partial charge in [-0.05, 0) is 36.8 Å². The van der Waals surface area contributed by atoms with Gasteiger partial charge in [0, 0.05) is 27.3 Å². The van der Waals surface area contributed by atoms with Crippen molar-refractivity contribution in [1.82, 2.24) is 4.98 Å². The van der Waals surface area contributed by atoms with Crippen molar-refractivity contribution in [2.24, 2.45) is 5.14 Å². The minimum absolute atomic E-state index is 0.0673. The minimum atomic E-state index is -4.00. The average Bonchev–Trinajstić information content (AvgIpc) is 3.02. The number of nitrogens with one attached hydrogen (secondary N) is 1. The molecule has 6 nitrogen and oxygen atoms in total. The summed E-state index contributed by atoms with van der Waals surface area (Å²) in [4.78, 5) is 16.5. The first-order valence-corrected chi connectivity index (χ1v) is 10.7. The third-order valence-electron chi connectivity index (χ3n) is 3.73. The van der Waals surface area contributed by atoms with Gasteiger partial charge in [-0.15, -0.1) is 11.3 Å². The molecule has 0 aliphatic rings. The van der Waals surface area contributed by atoms with Crippen molar-refractivity contribution >= 4 is 44.6 Å². The average molecular weight is 422 g/mol. The van der Waals surface area contributed by atoms with Gasteiger partial charge in [0.05, 0.1) is 11.3 Å². The number of thiazole rings is 1. The van der Waals surface area contributed by atoms with Gasteiger partial charge in [0.1, 0.15) is 5.01 Å². The molecule has 0 bridgehead atoms. The Kier molecular flexibility index (Phi) is 5.61. The maximum Gasteiger partial charge on any atom is 0.238 e. The van der Waals surface area contributed by atoms with Crippen LogP contribution in [0.25, 0.3) is 10.6 Å². The summed E-state index contributed by atoms with van der Waals surface area (Å²) in [6.07, 6.45) is 0.0673. The van der Waals surface area contributed by atoms with Crippen LogP contribution in [0, 0.1) is 6.92 Å². The fourth-order valence-corrected chi connectivity index (χ4v) is 4.38. The summed E-state index contributed by atoms with van der Waals surface area (Å²) >= 11 is 7.39. The third kappa shape index (κ3) is 4.72. The van der Waals surface area contributed by atoms with Gasteiger partial charge < -0.3 is 5.32 Å². The summed E-state index contributed by atoms with van der Waals surface area (Å²) in [6, 6.07) is 11.6. The van der Waals surface area contributed by atoms with Crippen LogP contribution in [0.5, 0.6) is 0 Å². The second kappa shape index (κ2) is 7.77. The summed E-state index contributed by atoms with van der Waals surface area (Å²) in [7, 11) is -4.00. The van der Waals surface area contributed by atoms with Crippen LogP contribution in [0.4, 0.5) is 5.69 Å². The second-order valence-electron chi connectivity index (χ2n) is 5.87. The maximum atomic E-state index is 12.3. The Balaban J connectivity index is 1.89. The largest absolute Gasteiger partial charge is 0.326 e. The van der Waals surface area contributed by atoms with E-state index in [1.165, 1.54) is 17.4 Å². The van der Waals surface area contributed by atoms with Crippen molar-refractivity contribution in [3.8, 4) is 10.6 Å². The molecule has 0 saturated heterocycles. The molecule has 0 aliphatic heterocycles. The molecule has 0 unspecified atom stereocenters. The molecule has 27 heavy (non-hydrogen) atoms. The molecule has 0 radical (unpaired) electrons. The van der Waals surface area contributed by atoms with E-state index >= 15 is 0 Å². The standard InChI is InChI=1S/C18H16ClN3O3S2/c1-11-10-26-18(21-11)14-7-6-13(9-16(14)27(20,24)25)22-17(23)8-12-4-2-3-5-15(12)19/h2-7,9-10H,8H2,1H3,(H,22,23)(H2,20,24,25). The quantitative estimate of drug-likeness (QED) is 0.656. The van der Waals surface area contributed by atoms with Crippen molar-refractivity contribution in [1.29, 1.82) is 0 Å². The molecule has 0 aliphatic carbocycles. The van der Waals surface area contributed by atoms with Gasteiger partial charge in [0.2, 0.25) is 15.9 Å². The highest BCUT2D eigenvalue weighted by Gasteiger charge is 2.19. The highest BCUT2D eigenvalue weighted by Crippen LogP contribution is 2.31. The summed E-state index contributed by atoms with van der Waals surface area (Å²) in [5.41, 5.74) is 2.19. The van der Waals surface area contributed by atoms with Gasteiger partial charge in [-0.25, -0.2) is 18.5 Å². The van der Waals surface area contributed by atoms with E-state index in [2.05, 4.69) is 10.3 Å². The van der Waals surface area contributed by atoms with Crippen LogP contribution < -0.4 is 10.5 Å². The number of hydrogen-bond donors (Lipinski definition) is 2. The molecule has 0 spiro atoms. The lowest BCUT2D eigenvalue weighted by Gasteiger charge is -2.10. The van der Waals surface area contributed by atoms with Gasteiger partial charge in [-0.3, -0.25) is 4.79 Å². The summed E-state index contributed by atoms with van der Waals surface area (Å²) in [5.74, 6) is -0.318. The number of nitrogens with two attached hydrogens (primary N) is 1. The number of sulfonamides is 1. The number of amides is 1. The number of aryl methyl sites for hydroxylation is 1. The zero-order valence-corrected chi connectivity index (χ0v) is 16.7. The van der Waals surface area contributed by atoms with E-state index < -0.39 is 10.0 Å². The third-order valence-corrected chi connectivity index (χ3v) is 6.04. The van der Waals surface area contributed by atoms with Gasteiger partial charge in [0.15, 0.2) is 0 Å². The summed E-state index contributed by atoms with van der Waals surface area (Å²) in [6.45, 7) is 1.82. The van der Waals surface area contributed by atoms with Crippen LogP contribution in [0.1, 0.15) is 11.3 Å². The molecular weight excluding hydrogens is 406 g/mol. The van der Waals surface area contributed by atoms with Crippen LogP contribution in [-0.4, -0.2) is 19.3 Å². The first kappa shape index (κ1) is 19.5. The van der Waals surface area contributed by atoms with E-state index in [0.29, 0.717) is 26.8 Å². The molecule has 1 amide bonds. The van der Waals surface area contributed by atoms with E-state index in [1.54, 1.807) is 36.4 Å². The summed E-state index contributed by atoms with van der Waals surface area (Å²) in [5, 5.41) is 10.9. The molecular formula is C18H16ClN3O3S2. The maximum absolute atomic E-state index is 12.3. The number of carbonyl (C=O) groups excluding carboxylic acids is 1. The van der Waals surface area contributed by atoms with Crippen molar-refractivity contribution in [3.05, 3.63) is 64.1 Å². The van der Waals surface area contributed by atoms with Gasteiger partial charge in [-0.1, -0.05) is 29.8 Å². The minimum Gasteiger partial charge on any atom is -0.326 e. The molecule has 1 heterocycles. The lowest BCUT2D eigenvalue weighted by atomic mass is 10.1. The van der Waals surface area contributed by atoms with Crippen molar-refractivity contribution in [2.75, 3.05) is 5.32 Å². The highest BCUT2D eigenvalue weighted by molar-refractivity contribution is 7.89. The van der Waals surface area contributed by atoms with Crippen LogP contribution in [0.3, 0.4) is 0 Å². The number of rotatable bonds is 5. The lowest BCUT2D eigenvalue weighted by Crippen LogP contribution is -2.17. The number of nitrogens with zero attached hydrogens (tertiary/aromatic N) is 1. The fraction of sp³-hybridized carbons (Fsp3) is 0.111. The molecule has 140 valence electrons. The number of aromatic nitrogens is 1. The summed E-state index contributed by atoms with van der Waals surface area (Å²) < 4.78 is 24.1. The van der Waals surface area contributed by atoms with Gasteiger partial charge >= 0.3 is 0 Å². The molecule has 0 saturated carbocycles. The number of benzene rings is 2. The second-order valence-corrected chi connectivity index (χ2v) is 8.66. The molecule has 2 aromatic carbocycles. The normalized spacial score (nSPS) is 11.4. The molecule has 3 aromatic rings. The van der Waals surface area contributed by atoms with E-state index in [0.717, 1.165) is 5.69 Å². The van der Waals surface area contributed by atoms with Crippen LogP contribution in [0.2, 0.25) is 5.02 Å². The topological polar surface area (TPSA) is 102 Å². The Labute approximate surface area is 166 Å². The number of carbonyl (C=O) groups is 1. The zero-order chi connectivity index (χ0) is 19.6. The van der Waals surface area contributed by atoms with Gasteiger partial charge in [-0.2, -0.15) is 0 Å². The first-order chi connectivity index (χ1) is 12.7.